The summed E-state index contributed by atoms with van der Waals surface area (Å²) in [6.07, 6.45) is 8.32. The van der Waals surface area contributed by atoms with E-state index in [9.17, 15) is 4.39 Å². The SMILES string of the molecule is Fc1ccc(C2CC(NCC3(C4CC4)CC3)C2)cc1. The molecule has 0 amide bonds. The normalized spacial score (nSPS) is 31.8. The lowest BCUT2D eigenvalue weighted by Crippen LogP contribution is -2.43. The van der Waals surface area contributed by atoms with Crippen LogP contribution in [0.3, 0.4) is 0 Å². The van der Waals surface area contributed by atoms with Crippen LogP contribution in [-0.2, 0) is 0 Å². The largest absolute Gasteiger partial charge is 0.313 e. The molecule has 19 heavy (non-hydrogen) atoms. The lowest BCUT2D eigenvalue weighted by Gasteiger charge is -2.37. The fourth-order valence-corrected chi connectivity index (χ4v) is 3.72. The van der Waals surface area contributed by atoms with Gasteiger partial charge in [0, 0.05) is 12.6 Å². The van der Waals surface area contributed by atoms with Crippen molar-refractivity contribution in [1.82, 2.24) is 5.32 Å². The minimum atomic E-state index is -0.127. The van der Waals surface area contributed by atoms with Crippen LogP contribution in [0.15, 0.2) is 24.3 Å². The van der Waals surface area contributed by atoms with Gasteiger partial charge in [-0.1, -0.05) is 12.1 Å². The number of halogens is 1. The first-order valence-corrected chi connectivity index (χ1v) is 7.74. The lowest BCUT2D eigenvalue weighted by molar-refractivity contribution is 0.262. The van der Waals surface area contributed by atoms with Gasteiger partial charge in [-0.3, -0.25) is 0 Å². The van der Waals surface area contributed by atoms with Crippen molar-refractivity contribution in [2.45, 2.75) is 50.5 Å². The number of benzene rings is 1. The van der Waals surface area contributed by atoms with Crippen LogP contribution in [0.1, 0.15) is 50.0 Å². The average Bonchev–Trinajstić information content (AvgIpc) is 3.23. The zero-order valence-electron chi connectivity index (χ0n) is 11.4. The zero-order valence-corrected chi connectivity index (χ0v) is 11.4. The van der Waals surface area contributed by atoms with Gasteiger partial charge in [0.15, 0.2) is 0 Å². The molecule has 4 rings (SSSR count). The Morgan fingerprint density at radius 1 is 1.11 bits per heavy atom. The van der Waals surface area contributed by atoms with Crippen LogP contribution >= 0.6 is 0 Å². The Bertz CT molecular complexity index is 453. The van der Waals surface area contributed by atoms with Gasteiger partial charge in [-0.25, -0.2) is 4.39 Å². The summed E-state index contributed by atoms with van der Waals surface area (Å²) in [5.41, 5.74) is 2.02. The van der Waals surface area contributed by atoms with Crippen LogP contribution in [0.5, 0.6) is 0 Å². The highest BCUT2D eigenvalue weighted by Crippen LogP contribution is 2.61. The predicted octanol–water partition coefficient (Wildman–Crippen LogP) is 3.85. The van der Waals surface area contributed by atoms with Gasteiger partial charge in [0.1, 0.15) is 5.82 Å². The highest BCUT2D eigenvalue weighted by Gasteiger charge is 2.53. The molecule has 1 aromatic carbocycles. The van der Waals surface area contributed by atoms with E-state index in [0.717, 1.165) is 5.92 Å². The van der Waals surface area contributed by atoms with Crippen LogP contribution < -0.4 is 5.32 Å². The van der Waals surface area contributed by atoms with Crippen LogP contribution in [0.2, 0.25) is 0 Å². The number of hydrogen-bond donors (Lipinski definition) is 1. The molecule has 0 spiro atoms. The van der Waals surface area contributed by atoms with Gasteiger partial charge in [-0.15, -0.1) is 0 Å². The van der Waals surface area contributed by atoms with Gasteiger partial charge in [-0.05, 0) is 73.5 Å². The summed E-state index contributed by atoms with van der Waals surface area (Å²) >= 11 is 0. The fraction of sp³-hybridized carbons (Fsp3) is 0.647. The first kappa shape index (κ1) is 11.9. The Morgan fingerprint density at radius 2 is 1.79 bits per heavy atom. The molecule has 1 aromatic rings. The van der Waals surface area contributed by atoms with E-state index in [1.165, 1.54) is 50.6 Å². The van der Waals surface area contributed by atoms with Crippen molar-refractivity contribution < 1.29 is 4.39 Å². The minimum absolute atomic E-state index is 0.127. The molecule has 0 saturated heterocycles. The van der Waals surface area contributed by atoms with Gasteiger partial charge in [0.25, 0.3) is 0 Å². The first-order chi connectivity index (χ1) is 9.25. The van der Waals surface area contributed by atoms with Crippen molar-refractivity contribution in [3.05, 3.63) is 35.6 Å². The molecule has 0 atom stereocenters. The maximum atomic E-state index is 12.9. The zero-order chi connectivity index (χ0) is 12.9. The molecule has 0 aromatic heterocycles. The minimum Gasteiger partial charge on any atom is -0.313 e. The van der Waals surface area contributed by atoms with E-state index in [0.29, 0.717) is 17.4 Å². The van der Waals surface area contributed by atoms with E-state index in [1.807, 2.05) is 12.1 Å². The molecule has 102 valence electrons. The van der Waals surface area contributed by atoms with Crippen LogP contribution in [0.4, 0.5) is 4.39 Å². The van der Waals surface area contributed by atoms with Gasteiger partial charge >= 0.3 is 0 Å². The summed E-state index contributed by atoms with van der Waals surface area (Å²) in [5, 5.41) is 3.78. The summed E-state index contributed by atoms with van der Waals surface area (Å²) in [7, 11) is 0. The summed E-state index contributed by atoms with van der Waals surface area (Å²) < 4.78 is 12.9. The molecule has 1 nitrogen and oxygen atoms in total. The third kappa shape index (κ3) is 2.31. The second-order valence-electron chi connectivity index (χ2n) is 6.93. The van der Waals surface area contributed by atoms with E-state index in [4.69, 9.17) is 0 Å². The first-order valence-electron chi connectivity index (χ1n) is 7.74. The highest BCUT2D eigenvalue weighted by atomic mass is 19.1. The third-order valence-corrected chi connectivity index (χ3v) is 5.56. The van der Waals surface area contributed by atoms with Crippen LogP contribution in [-0.4, -0.2) is 12.6 Å². The molecular formula is C17H22FN. The lowest BCUT2D eigenvalue weighted by atomic mass is 9.75. The molecule has 3 saturated carbocycles. The van der Waals surface area contributed by atoms with Gasteiger partial charge in [0.2, 0.25) is 0 Å². The molecule has 3 aliphatic carbocycles. The summed E-state index contributed by atoms with van der Waals surface area (Å²) in [6.45, 7) is 1.25. The van der Waals surface area contributed by atoms with Crippen molar-refractivity contribution in [2.24, 2.45) is 11.3 Å². The highest BCUT2D eigenvalue weighted by molar-refractivity contribution is 5.23. The molecule has 1 N–H and O–H groups in total. The van der Waals surface area contributed by atoms with Crippen molar-refractivity contribution in [2.75, 3.05) is 6.54 Å². The quantitative estimate of drug-likeness (QED) is 0.847. The molecule has 0 radical (unpaired) electrons. The second-order valence-corrected chi connectivity index (χ2v) is 6.93. The number of rotatable bonds is 5. The van der Waals surface area contributed by atoms with Crippen molar-refractivity contribution in [3.63, 3.8) is 0 Å². The van der Waals surface area contributed by atoms with E-state index >= 15 is 0 Å². The maximum Gasteiger partial charge on any atom is 0.123 e. The molecule has 2 heteroatoms. The van der Waals surface area contributed by atoms with E-state index < -0.39 is 0 Å². The Balaban J connectivity index is 1.25. The number of hydrogen-bond acceptors (Lipinski definition) is 1. The molecule has 0 bridgehead atoms. The molecule has 3 aliphatic rings. The summed E-state index contributed by atoms with van der Waals surface area (Å²) in [4.78, 5) is 0. The topological polar surface area (TPSA) is 12.0 Å². The van der Waals surface area contributed by atoms with Crippen LogP contribution in [0.25, 0.3) is 0 Å². The Hall–Kier alpha value is -0.890. The maximum absolute atomic E-state index is 12.9. The second kappa shape index (κ2) is 4.31. The molecule has 0 aliphatic heterocycles. The van der Waals surface area contributed by atoms with E-state index in [2.05, 4.69) is 5.32 Å². The standard InChI is InChI=1S/C17H22FN/c18-15-5-1-12(2-6-15)13-9-16(10-13)19-11-17(7-8-17)14-3-4-14/h1-2,5-6,13-14,16,19H,3-4,7-11H2. The molecule has 0 unspecified atom stereocenters. The molecule has 0 heterocycles. The Kier molecular flexibility index (Phi) is 2.70. The third-order valence-electron chi connectivity index (χ3n) is 5.56. The molecular weight excluding hydrogens is 237 g/mol. The van der Waals surface area contributed by atoms with E-state index in [1.54, 1.807) is 12.1 Å². The summed E-state index contributed by atoms with van der Waals surface area (Å²) in [6, 6.07) is 7.77. The molecule has 3 fully saturated rings. The van der Waals surface area contributed by atoms with Crippen LogP contribution in [0, 0.1) is 17.2 Å². The van der Waals surface area contributed by atoms with Gasteiger partial charge in [-0.2, -0.15) is 0 Å². The predicted molar refractivity (Wildman–Crippen MR) is 74.6 cm³/mol. The fourth-order valence-electron chi connectivity index (χ4n) is 3.72. The van der Waals surface area contributed by atoms with E-state index in [-0.39, 0.29) is 5.82 Å². The van der Waals surface area contributed by atoms with Crippen molar-refractivity contribution >= 4 is 0 Å². The monoisotopic (exact) mass is 259 g/mol. The van der Waals surface area contributed by atoms with Gasteiger partial charge in [0.05, 0.1) is 0 Å². The van der Waals surface area contributed by atoms with Crippen molar-refractivity contribution in [1.29, 1.82) is 0 Å². The Labute approximate surface area is 114 Å². The van der Waals surface area contributed by atoms with Gasteiger partial charge < -0.3 is 5.32 Å². The van der Waals surface area contributed by atoms with Crippen molar-refractivity contribution in [3.8, 4) is 0 Å². The smallest absolute Gasteiger partial charge is 0.123 e. The number of nitrogens with one attached hydrogen (secondary N) is 1. The summed E-state index contributed by atoms with van der Waals surface area (Å²) in [5.74, 6) is 1.57. The average molecular weight is 259 g/mol. The Morgan fingerprint density at radius 3 is 2.37 bits per heavy atom.